The second-order valence-electron chi connectivity index (χ2n) is 6.36. The Morgan fingerprint density at radius 1 is 1.22 bits per heavy atom. The number of hydrogen-bond donors (Lipinski definition) is 1. The van der Waals surface area contributed by atoms with E-state index in [0.29, 0.717) is 0 Å². The van der Waals surface area contributed by atoms with Gasteiger partial charge in [0.1, 0.15) is 0 Å². The predicted molar refractivity (Wildman–Crippen MR) is 80.2 cm³/mol. The van der Waals surface area contributed by atoms with E-state index < -0.39 is 0 Å². The largest absolute Gasteiger partial charge is 0.312 e. The summed E-state index contributed by atoms with van der Waals surface area (Å²) in [6.07, 6.45) is 7.30. The van der Waals surface area contributed by atoms with Crippen LogP contribution in [0, 0.1) is 11.8 Å². The van der Waals surface area contributed by atoms with E-state index in [1.54, 1.807) is 0 Å². The fourth-order valence-corrected chi connectivity index (χ4v) is 4.50. The van der Waals surface area contributed by atoms with Crippen molar-refractivity contribution in [3.05, 3.63) is 0 Å². The Morgan fingerprint density at radius 2 is 1.94 bits per heavy atom. The van der Waals surface area contributed by atoms with Gasteiger partial charge in [0.15, 0.2) is 0 Å². The molecule has 0 aromatic rings. The van der Waals surface area contributed by atoms with Crippen molar-refractivity contribution in [2.24, 2.45) is 11.8 Å². The molecular formula is C15H28N2S. The molecule has 2 nitrogen and oxygen atoms in total. The molecule has 2 aliphatic carbocycles. The maximum absolute atomic E-state index is 3.88. The molecule has 3 heteroatoms. The lowest BCUT2D eigenvalue weighted by Crippen LogP contribution is -2.44. The normalized spacial score (nSPS) is 30.0. The van der Waals surface area contributed by atoms with Crippen LogP contribution in [0.1, 0.15) is 39.0 Å². The van der Waals surface area contributed by atoms with Gasteiger partial charge in [0, 0.05) is 43.2 Å². The van der Waals surface area contributed by atoms with E-state index in [2.05, 4.69) is 28.9 Å². The minimum Gasteiger partial charge on any atom is -0.312 e. The van der Waals surface area contributed by atoms with Crippen LogP contribution in [0.25, 0.3) is 0 Å². The Balaban J connectivity index is 1.35. The van der Waals surface area contributed by atoms with Gasteiger partial charge in [-0.25, -0.2) is 0 Å². The Hall–Kier alpha value is 0.270. The van der Waals surface area contributed by atoms with Gasteiger partial charge in [-0.15, -0.1) is 0 Å². The molecule has 0 bridgehead atoms. The number of nitrogens with one attached hydrogen (secondary N) is 1. The van der Waals surface area contributed by atoms with Crippen LogP contribution in [-0.4, -0.2) is 48.1 Å². The predicted octanol–water partition coefficient (Wildman–Crippen LogP) is 2.59. The zero-order chi connectivity index (χ0) is 12.4. The van der Waals surface area contributed by atoms with Crippen molar-refractivity contribution in [2.45, 2.75) is 50.3 Å². The third-order valence-corrected chi connectivity index (χ3v) is 6.12. The van der Waals surface area contributed by atoms with Gasteiger partial charge in [-0.3, -0.25) is 0 Å². The summed E-state index contributed by atoms with van der Waals surface area (Å²) in [4.78, 5) is 2.68. The summed E-state index contributed by atoms with van der Waals surface area (Å²) >= 11 is 2.17. The molecule has 3 aliphatic rings. The smallest absolute Gasteiger partial charge is 0.0172 e. The molecule has 1 N–H and O–H groups in total. The van der Waals surface area contributed by atoms with Crippen molar-refractivity contribution in [1.82, 2.24) is 10.2 Å². The summed E-state index contributed by atoms with van der Waals surface area (Å²) in [6.45, 7) is 7.45. The topological polar surface area (TPSA) is 15.3 Å². The minimum absolute atomic E-state index is 0.881. The van der Waals surface area contributed by atoms with Gasteiger partial charge < -0.3 is 10.2 Å². The van der Waals surface area contributed by atoms with Crippen LogP contribution in [0.15, 0.2) is 0 Å². The maximum Gasteiger partial charge on any atom is 0.0172 e. The number of hydrogen-bond acceptors (Lipinski definition) is 3. The fourth-order valence-electron chi connectivity index (χ4n) is 3.25. The van der Waals surface area contributed by atoms with Gasteiger partial charge >= 0.3 is 0 Å². The number of rotatable bonds is 7. The lowest BCUT2D eigenvalue weighted by Gasteiger charge is -2.32. The standard InChI is InChI=1S/C15H28N2S/c1-2-14-11-17(9-10-18-14)8-7-16-15(12-3-4-12)13-5-6-13/h12-16H,2-11H2,1H3. The molecule has 0 aromatic heterocycles. The summed E-state index contributed by atoms with van der Waals surface area (Å²) in [5, 5.41) is 4.77. The highest BCUT2D eigenvalue weighted by Crippen LogP contribution is 2.44. The van der Waals surface area contributed by atoms with E-state index in [4.69, 9.17) is 0 Å². The zero-order valence-electron chi connectivity index (χ0n) is 11.7. The molecule has 1 aliphatic heterocycles. The van der Waals surface area contributed by atoms with Crippen LogP contribution < -0.4 is 5.32 Å². The molecule has 1 unspecified atom stereocenters. The van der Waals surface area contributed by atoms with Gasteiger partial charge in [0.05, 0.1) is 0 Å². The summed E-state index contributed by atoms with van der Waals surface area (Å²) < 4.78 is 0. The molecule has 0 amide bonds. The van der Waals surface area contributed by atoms with Crippen molar-refractivity contribution in [1.29, 1.82) is 0 Å². The molecule has 0 radical (unpaired) electrons. The van der Waals surface area contributed by atoms with Crippen molar-refractivity contribution in [2.75, 3.05) is 31.9 Å². The zero-order valence-corrected chi connectivity index (χ0v) is 12.6. The maximum atomic E-state index is 3.88. The van der Waals surface area contributed by atoms with Crippen LogP contribution >= 0.6 is 11.8 Å². The van der Waals surface area contributed by atoms with Gasteiger partial charge in [-0.1, -0.05) is 6.92 Å². The Kier molecular flexibility index (Phi) is 4.53. The van der Waals surface area contributed by atoms with Crippen LogP contribution in [0.2, 0.25) is 0 Å². The molecule has 1 heterocycles. The molecule has 0 spiro atoms. The quantitative estimate of drug-likeness (QED) is 0.764. The lowest BCUT2D eigenvalue weighted by molar-refractivity contribution is 0.269. The average molecular weight is 268 g/mol. The van der Waals surface area contributed by atoms with Crippen molar-refractivity contribution >= 4 is 11.8 Å². The van der Waals surface area contributed by atoms with Crippen molar-refractivity contribution < 1.29 is 0 Å². The second kappa shape index (κ2) is 6.15. The first-order valence-electron chi connectivity index (χ1n) is 7.94. The summed E-state index contributed by atoms with van der Waals surface area (Å²) in [5.41, 5.74) is 0. The first-order chi connectivity index (χ1) is 8.86. The molecule has 1 atom stereocenters. The third-order valence-electron chi connectivity index (χ3n) is 4.75. The Labute approximate surface area is 116 Å². The molecule has 18 heavy (non-hydrogen) atoms. The molecule has 104 valence electrons. The van der Waals surface area contributed by atoms with Gasteiger partial charge in [0.2, 0.25) is 0 Å². The van der Waals surface area contributed by atoms with Gasteiger partial charge in [-0.2, -0.15) is 11.8 Å². The number of nitrogens with zero attached hydrogens (tertiary/aromatic N) is 1. The molecule has 3 rings (SSSR count). The molecule has 0 aromatic carbocycles. The minimum atomic E-state index is 0.881. The van der Waals surface area contributed by atoms with Crippen molar-refractivity contribution in [3.8, 4) is 0 Å². The molecular weight excluding hydrogens is 240 g/mol. The van der Waals surface area contributed by atoms with E-state index in [1.807, 2.05) is 0 Å². The summed E-state index contributed by atoms with van der Waals surface area (Å²) in [7, 11) is 0. The SMILES string of the molecule is CCC1CN(CCNC(C2CC2)C2CC2)CCS1. The molecule has 3 fully saturated rings. The molecule has 2 saturated carbocycles. The molecule has 1 saturated heterocycles. The lowest BCUT2D eigenvalue weighted by atomic mass is 10.1. The average Bonchev–Trinajstić information content (AvgIpc) is 3.28. The van der Waals surface area contributed by atoms with Gasteiger partial charge in [-0.05, 0) is 43.9 Å². The highest BCUT2D eigenvalue weighted by molar-refractivity contribution is 8.00. The van der Waals surface area contributed by atoms with Crippen LogP contribution in [0.3, 0.4) is 0 Å². The van der Waals surface area contributed by atoms with E-state index >= 15 is 0 Å². The van der Waals surface area contributed by atoms with Crippen LogP contribution in [-0.2, 0) is 0 Å². The number of thioether (sulfide) groups is 1. The Morgan fingerprint density at radius 3 is 2.56 bits per heavy atom. The van der Waals surface area contributed by atoms with Crippen LogP contribution in [0.4, 0.5) is 0 Å². The van der Waals surface area contributed by atoms with Crippen molar-refractivity contribution in [3.63, 3.8) is 0 Å². The monoisotopic (exact) mass is 268 g/mol. The third kappa shape index (κ3) is 3.64. The second-order valence-corrected chi connectivity index (χ2v) is 7.76. The summed E-state index contributed by atoms with van der Waals surface area (Å²) in [5.74, 6) is 3.42. The summed E-state index contributed by atoms with van der Waals surface area (Å²) in [6, 6.07) is 0.881. The van der Waals surface area contributed by atoms with E-state index in [9.17, 15) is 0 Å². The first kappa shape index (κ1) is 13.3. The highest BCUT2D eigenvalue weighted by atomic mass is 32.2. The highest BCUT2D eigenvalue weighted by Gasteiger charge is 2.40. The van der Waals surface area contributed by atoms with E-state index in [-0.39, 0.29) is 0 Å². The van der Waals surface area contributed by atoms with E-state index in [0.717, 1.165) is 23.1 Å². The van der Waals surface area contributed by atoms with Crippen LogP contribution in [0.5, 0.6) is 0 Å². The van der Waals surface area contributed by atoms with E-state index in [1.165, 1.54) is 64.0 Å². The first-order valence-corrected chi connectivity index (χ1v) is 8.99. The Bertz CT molecular complexity index is 251. The fraction of sp³-hybridized carbons (Fsp3) is 1.00. The van der Waals surface area contributed by atoms with Gasteiger partial charge in [0.25, 0.3) is 0 Å².